The first-order valence-electron chi connectivity index (χ1n) is 9.57. The van der Waals surface area contributed by atoms with E-state index in [-0.39, 0.29) is 5.91 Å². The fourth-order valence-electron chi connectivity index (χ4n) is 3.98. The zero-order valence-electron chi connectivity index (χ0n) is 15.6. The Morgan fingerprint density at radius 3 is 2.39 bits per heavy atom. The van der Waals surface area contributed by atoms with E-state index in [0.717, 1.165) is 25.3 Å². The number of carbonyl (C=O) groups is 1. The minimum absolute atomic E-state index is 0.271. The molecule has 1 amide bonds. The van der Waals surface area contributed by atoms with Crippen LogP contribution in [0.5, 0.6) is 0 Å². The summed E-state index contributed by atoms with van der Waals surface area (Å²) in [6.07, 6.45) is 1.37. The predicted octanol–water partition coefficient (Wildman–Crippen LogP) is 2.76. The second-order valence-electron chi connectivity index (χ2n) is 7.37. The third-order valence-electron chi connectivity index (χ3n) is 5.51. The number of piperidine rings is 1. The Kier molecular flexibility index (Phi) is 5.09. The van der Waals surface area contributed by atoms with Crippen molar-refractivity contribution in [1.82, 2.24) is 10.2 Å². The van der Waals surface area contributed by atoms with Crippen LogP contribution >= 0.6 is 0 Å². The number of rotatable bonds is 3. The van der Waals surface area contributed by atoms with E-state index in [4.69, 9.17) is 4.99 Å². The molecule has 28 heavy (non-hydrogen) atoms. The Balaban J connectivity index is 1.51. The van der Waals surface area contributed by atoms with E-state index in [1.54, 1.807) is 0 Å². The van der Waals surface area contributed by atoms with Crippen LogP contribution in [0.1, 0.15) is 18.4 Å². The maximum atomic E-state index is 12.6. The third kappa shape index (κ3) is 3.75. The van der Waals surface area contributed by atoms with Crippen LogP contribution in [0, 0.1) is 17.2 Å². The fraction of sp³-hybridized carbons (Fsp3) is 0.318. The smallest absolute Gasteiger partial charge is 0.246 e. The Bertz CT molecular complexity index is 896. The number of nitrogens with one attached hydrogen (secondary N) is 2. The van der Waals surface area contributed by atoms with Crippen molar-refractivity contribution in [1.29, 1.82) is 5.26 Å². The molecule has 0 radical (unpaired) electrons. The van der Waals surface area contributed by atoms with Crippen LogP contribution < -0.4 is 10.6 Å². The summed E-state index contributed by atoms with van der Waals surface area (Å²) < 4.78 is 0. The molecular formula is C22H23N5O. The van der Waals surface area contributed by atoms with Crippen LogP contribution in [-0.4, -0.2) is 35.4 Å². The third-order valence-corrected chi connectivity index (χ3v) is 5.51. The first kappa shape index (κ1) is 18.2. The highest BCUT2D eigenvalue weighted by atomic mass is 16.2. The van der Waals surface area contributed by atoms with E-state index in [0.29, 0.717) is 18.8 Å². The molecule has 1 saturated heterocycles. The number of hydrogen-bond donors (Lipinski definition) is 2. The van der Waals surface area contributed by atoms with E-state index in [2.05, 4.69) is 33.7 Å². The molecule has 2 N–H and O–H groups in total. The Morgan fingerprint density at radius 1 is 1.11 bits per heavy atom. The molecule has 6 heteroatoms. The van der Waals surface area contributed by atoms with E-state index in [1.165, 1.54) is 5.56 Å². The van der Waals surface area contributed by atoms with E-state index < -0.39 is 11.5 Å². The number of carbonyl (C=O) groups excluding carboxylic acids is 1. The molecule has 0 saturated carbocycles. The first-order valence-corrected chi connectivity index (χ1v) is 9.57. The zero-order chi connectivity index (χ0) is 19.4. The quantitative estimate of drug-likeness (QED) is 0.867. The molecule has 2 aliphatic rings. The molecule has 2 aromatic rings. The lowest BCUT2D eigenvalue weighted by Gasteiger charge is -2.43. The molecule has 1 fully saturated rings. The van der Waals surface area contributed by atoms with Crippen molar-refractivity contribution in [2.45, 2.75) is 24.9 Å². The van der Waals surface area contributed by atoms with Gasteiger partial charge in [-0.3, -0.25) is 15.0 Å². The van der Waals surface area contributed by atoms with Crippen molar-refractivity contribution >= 4 is 17.6 Å². The summed E-state index contributed by atoms with van der Waals surface area (Å²) in [5.74, 6) is -0.598. The average Bonchev–Trinajstić information content (AvgIpc) is 2.71. The SMILES string of the molecule is N#C[C@H]1C(=O)NC(Nc2ccccc2)=NC12CCN(Cc1ccccc1)CC2. The van der Waals surface area contributed by atoms with Gasteiger partial charge in [-0.15, -0.1) is 0 Å². The van der Waals surface area contributed by atoms with Gasteiger partial charge < -0.3 is 5.32 Å². The maximum absolute atomic E-state index is 12.6. The van der Waals surface area contributed by atoms with E-state index >= 15 is 0 Å². The molecule has 0 unspecified atom stereocenters. The molecular weight excluding hydrogens is 350 g/mol. The standard InChI is InChI=1S/C22H23N5O/c23-15-19-20(28)25-21(24-18-9-5-2-6-10-18)26-22(19)11-13-27(14-12-22)16-17-7-3-1-4-8-17/h1-10,19H,11-14,16H2,(H2,24,25,26,28)/t19-/m0/s1. The molecule has 2 aliphatic heterocycles. The van der Waals surface area contributed by atoms with Gasteiger partial charge >= 0.3 is 0 Å². The van der Waals surface area contributed by atoms with Crippen LogP contribution in [0.15, 0.2) is 65.7 Å². The lowest BCUT2D eigenvalue weighted by molar-refractivity contribution is -0.125. The second kappa shape index (κ2) is 7.83. The number of amides is 1. The van der Waals surface area contributed by atoms with E-state index in [9.17, 15) is 10.1 Å². The van der Waals surface area contributed by atoms with Crippen molar-refractivity contribution in [3.63, 3.8) is 0 Å². The van der Waals surface area contributed by atoms with Crippen molar-refractivity contribution < 1.29 is 4.79 Å². The molecule has 0 aromatic heterocycles. The summed E-state index contributed by atoms with van der Waals surface area (Å²) in [5, 5.41) is 15.6. The number of nitriles is 1. The van der Waals surface area contributed by atoms with Gasteiger partial charge in [-0.25, -0.2) is 4.99 Å². The summed E-state index contributed by atoms with van der Waals surface area (Å²) >= 11 is 0. The monoisotopic (exact) mass is 373 g/mol. The molecule has 0 aliphatic carbocycles. The van der Waals surface area contributed by atoms with Gasteiger partial charge in [0.05, 0.1) is 11.6 Å². The highest BCUT2D eigenvalue weighted by molar-refractivity contribution is 6.07. The van der Waals surface area contributed by atoms with Gasteiger partial charge in [0.2, 0.25) is 11.9 Å². The summed E-state index contributed by atoms with van der Waals surface area (Å²) in [4.78, 5) is 19.8. The van der Waals surface area contributed by atoms with Crippen molar-refractivity contribution in [3.8, 4) is 6.07 Å². The zero-order valence-corrected chi connectivity index (χ0v) is 15.6. The Morgan fingerprint density at radius 2 is 1.75 bits per heavy atom. The number of anilines is 1. The fourth-order valence-corrected chi connectivity index (χ4v) is 3.98. The lowest BCUT2D eigenvalue weighted by Crippen LogP contribution is -2.58. The summed E-state index contributed by atoms with van der Waals surface area (Å²) in [7, 11) is 0. The minimum atomic E-state index is -0.757. The van der Waals surface area contributed by atoms with Crippen LogP contribution in [0.4, 0.5) is 5.69 Å². The predicted molar refractivity (Wildman–Crippen MR) is 108 cm³/mol. The summed E-state index contributed by atoms with van der Waals surface area (Å²) in [5.41, 5.74) is 1.46. The number of hydrogen-bond acceptors (Lipinski definition) is 5. The number of likely N-dealkylation sites (tertiary alicyclic amines) is 1. The van der Waals surface area contributed by atoms with Crippen LogP contribution in [-0.2, 0) is 11.3 Å². The topological polar surface area (TPSA) is 80.5 Å². The molecule has 2 heterocycles. The largest absolute Gasteiger partial charge is 0.326 e. The highest BCUT2D eigenvalue weighted by Gasteiger charge is 2.48. The van der Waals surface area contributed by atoms with Crippen molar-refractivity contribution in [2.75, 3.05) is 18.4 Å². The van der Waals surface area contributed by atoms with Crippen LogP contribution in [0.2, 0.25) is 0 Å². The molecule has 142 valence electrons. The van der Waals surface area contributed by atoms with Gasteiger partial charge in [-0.05, 0) is 30.5 Å². The molecule has 1 spiro atoms. The van der Waals surface area contributed by atoms with Crippen molar-refractivity contribution in [3.05, 3.63) is 66.2 Å². The van der Waals surface area contributed by atoms with Gasteiger partial charge in [0.1, 0.15) is 0 Å². The maximum Gasteiger partial charge on any atom is 0.246 e. The number of guanidine groups is 1. The molecule has 6 nitrogen and oxygen atoms in total. The Labute approximate surface area is 164 Å². The number of nitrogens with zero attached hydrogens (tertiary/aromatic N) is 3. The molecule has 0 bridgehead atoms. The summed E-state index contributed by atoms with van der Waals surface area (Å²) in [6.45, 7) is 2.49. The number of para-hydroxylation sites is 1. The molecule has 1 atom stereocenters. The van der Waals surface area contributed by atoms with Gasteiger partial charge in [0.25, 0.3) is 0 Å². The minimum Gasteiger partial charge on any atom is -0.326 e. The lowest BCUT2D eigenvalue weighted by atomic mass is 9.76. The van der Waals surface area contributed by atoms with Gasteiger partial charge in [-0.2, -0.15) is 5.26 Å². The number of aliphatic imine (C=N–C) groups is 1. The molecule has 2 aromatic carbocycles. The van der Waals surface area contributed by atoms with Crippen molar-refractivity contribution in [2.24, 2.45) is 10.9 Å². The van der Waals surface area contributed by atoms with Crippen LogP contribution in [0.25, 0.3) is 0 Å². The second-order valence-corrected chi connectivity index (χ2v) is 7.37. The van der Waals surface area contributed by atoms with Gasteiger partial charge in [-0.1, -0.05) is 48.5 Å². The van der Waals surface area contributed by atoms with Gasteiger partial charge in [0, 0.05) is 25.3 Å². The normalized spacial score (nSPS) is 21.5. The van der Waals surface area contributed by atoms with E-state index in [1.807, 2.05) is 48.5 Å². The first-order chi connectivity index (χ1) is 13.7. The average molecular weight is 373 g/mol. The molecule has 4 rings (SSSR count). The number of benzene rings is 2. The highest BCUT2D eigenvalue weighted by Crippen LogP contribution is 2.36. The van der Waals surface area contributed by atoms with Gasteiger partial charge in [0.15, 0.2) is 5.92 Å². The Hall–Kier alpha value is -3.17. The summed E-state index contributed by atoms with van der Waals surface area (Å²) in [6, 6.07) is 22.2. The van der Waals surface area contributed by atoms with Crippen LogP contribution in [0.3, 0.4) is 0 Å².